The van der Waals surface area contributed by atoms with Gasteiger partial charge in [0.2, 0.25) is 0 Å². The average Bonchev–Trinajstić information content (AvgIpc) is 3.33. The van der Waals surface area contributed by atoms with Crippen LogP contribution in [-0.4, -0.2) is 190 Å². The van der Waals surface area contributed by atoms with Gasteiger partial charge in [-0.1, -0.05) is 0 Å². The van der Waals surface area contributed by atoms with Crippen molar-refractivity contribution in [3.05, 3.63) is 0 Å². The fraction of sp³-hybridized carbons (Fsp3) is 1.00. The van der Waals surface area contributed by atoms with Gasteiger partial charge in [-0.25, -0.2) is 0 Å². The van der Waals surface area contributed by atoms with Gasteiger partial charge in [0, 0.05) is 31.7 Å². The Hall–Kier alpha value is -0.800. The van der Waals surface area contributed by atoms with Crippen molar-refractivity contribution < 1.29 is 69.3 Å². The smallest absolute Gasteiger partial charge is 0.187 e. The lowest BCUT2D eigenvalue weighted by Gasteiger charge is -2.47. The summed E-state index contributed by atoms with van der Waals surface area (Å²) in [5.74, 6) is 0. The van der Waals surface area contributed by atoms with Crippen LogP contribution in [0.25, 0.3) is 0 Å². The number of nitrogens with one attached hydrogen (secondary N) is 1. The summed E-state index contributed by atoms with van der Waals surface area (Å²) >= 11 is 0. The van der Waals surface area contributed by atoms with E-state index in [4.69, 9.17) is 57.1 Å². The first-order chi connectivity index (χ1) is 21.8. The molecule has 4 aliphatic rings. The molecule has 3 saturated heterocycles. The summed E-state index contributed by atoms with van der Waals surface area (Å²) in [6.45, 7) is -1.46. The second-order valence-electron chi connectivity index (χ2n) is 12.3. The second kappa shape index (κ2) is 16.7. The molecule has 3 aliphatic heterocycles. The lowest BCUT2D eigenvalue weighted by Crippen LogP contribution is -2.67. The van der Waals surface area contributed by atoms with E-state index in [0.29, 0.717) is 0 Å². The van der Waals surface area contributed by atoms with Gasteiger partial charge in [0.1, 0.15) is 48.8 Å². The van der Waals surface area contributed by atoms with Crippen molar-refractivity contribution in [2.45, 2.75) is 129 Å². The molecule has 4 fully saturated rings. The maximum absolute atomic E-state index is 11.5. The van der Waals surface area contributed by atoms with Crippen molar-refractivity contribution in [1.82, 2.24) is 5.32 Å². The van der Waals surface area contributed by atoms with Crippen molar-refractivity contribution in [2.24, 2.45) is 28.7 Å². The molecule has 0 aromatic heterocycles. The summed E-state index contributed by atoms with van der Waals surface area (Å²) in [5, 5.41) is 85.6. The summed E-state index contributed by atoms with van der Waals surface area (Å²) in [6, 6.07) is -3.68. The Morgan fingerprint density at radius 1 is 0.674 bits per heavy atom. The van der Waals surface area contributed by atoms with Crippen LogP contribution in [0.4, 0.5) is 0 Å². The third-order valence-electron chi connectivity index (χ3n) is 9.01. The van der Waals surface area contributed by atoms with Gasteiger partial charge in [0.05, 0.1) is 49.7 Å². The maximum atomic E-state index is 11.5. The molecular weight excluding hydrogens is 620 g/mol. The Balaban J connectivity index is 1.53. The summed E-state index contributed by atoms with van der Waals surface area (Å²) in [4.78, 5) is 0. The number of hydrogen-bond acceptors (Lipinski definition) is 20. The third-order valence-corrected chi connectivity index (χ3v) is 9.01. The van der Waals surface area contributed by atoms with Gasteiger partial charge >= 0.3 is 0 Å². The first-order valence-corrected chi connectivity index (χ1v) is 15.5. The number of nitrogens with two attached hydrogens (primary N) is 5. The molecular formula is C26H52N6O14. The molecule has 3 heterocycles. The quantitative estimate of drug-likeness (QED) is 0.0863. The van der Waals surface area contributed by atoms with E-state index in [1.165, 1.54) is 0 Å². The Bertz CT molecular complexity index is 934. The van der Waals surface area contributed by atoms with E-state index in [1.807, 2.05) is 0 Å². The fourth-order valence-electron chi connectivity index (χ4n) is 6.24. The minimum atomic E-state index is -1.62. The largest absolute Gasteiger partial charge is 0.394 e. The highest BCUT2D eigenvalue weighted by atomic mass is 16.8. The number of rotatable bonds is 13. The molecule has 19 N–H and O–H groups in total. The van der Waals surface area contributed by atoms with Crippen molar-refractivity contribution >= 4 is 0 Å². The zero-order chi connectivity index (χ0) is 33.9. The van der Waals surface area contributed by atoms with E-state index in [0.717, 1.165) is 0 Å². The Morgan fingerprint density at radius 2 is 1.28 bits per heavy atom. The fourth-order valence-corrected chi connectivity index (χ4v) is 6.24. The molecule has 1 saturated carbocycles. The summed E-state index contributed by atoms with van der Waals surface area (Å²) in [6.07, 6.45) is -18.5. The van der Waals surface area contributed by atoms with Crippen LogP contribution in [0.15, 0.2) is 0 Å². The van der Waals surface area contributed by atoms with E-state index in [1.54, 1.807) is 0 Å². The zero-order valence-corrected chi connectivity index (χ0v) is 25.3. The molecule has 19 atom stereocenters. The van der Waals surface area contributed by atoms with Crippen LogP contribution >= 0.6 is 0 Å². The Kier molecular flexibility index (Phi) is 13.8. The predicted molar refractivity (Wildman–Crippen MR) is 154 cm³/mol. The van der Waals surface area contributed by atoms with Crippen LogP contribution in [0.1, 0.15) is 12.8 Å². The average molecular weight is 673 g/mol. The van der Waals surface area contributed by atoms with Gasteiger partial charge in [0.25, 0.3) is 0 Å². The van der Waals surface area contributed by atoms with Crippen LogP contribution in [0.5, 0.6) is 0 Å². The minimum absolute atomic E-state index is 0.0192. The monoisotopic (exact) mass is 672 g/mol. The molecule has 4 rings (SSSR count). The normalized spacial score (nSPS) is 49.2. The molecule has 0 aromatic carbocycles. The number of hydrogen-bond donors (Lipinski definition) is 14. The second-order valence-corrected chi connectivity index (χ2v) is 12.3. The summed E-state index contributed by atoms with van der Waals surface area (Å²) < 4.78 is 35.3. The highest BCUT2D eigenvalue weighted by Crippen LogP contribution is 2.34. The Morgan fingerprint density at radius 3 is 1.91 bits per heavy atom. The van der Waals surface area contributed by atoms with Crippen LogP contribution in [0.2, 0.25) is 0 Å². The first-order valence-electron chi connectivity index (χ1n) is 15.5. The third kappa shape index (κ3) is 8.31. The van der Waals surface area contributed by atoms with Crippen molar-refractivity contribution in [2.75, 3.05) is 32.8 Å². The minimum Gasteiger partial charge on any atom is -0.394 e. The molecule has 270 valence electrons. The summed E-state index contributed by atoms with van der Waals surface area (Å²) in [7, 11) is 0. The molecule has 0 spiro atoms. The van der Waals surface area contributed by atoms with Crippen molar-refractivity contribution in [3.8, 4) is 0 Å². The molecule has 0 bridgehead atoms. The summed E-state index contributed by atoms with van der Waals surface area (Å²) in [5.41, 5.74) is 30.1. The topological polar surface area (TPSA) is 359 Å². The van der Waals surface area contributed by atoms with Crippen LogP contribution in [-0.2, 0) is 28.4 Å². The number of aliphatic hydroxyl groups is 8. The highest BCUT2D eigenvalue weighted by molar-refractivity contribution is 5.02. The molecule has 0 radical (unpaired) electrons. The molecule has 0 aromatic rings. The van der Waals surface area contributed by atoms with Crippen LogP contribution in [0, 0.1) is 0 Å². The molecule has 1 unspecified atom stereocenters. The van der Waals surface area contributed by atoms with Gasteiger partial charge in [-0.05, 0) is 12.8 Å². The number of ether oxygens (including phenoxy) is 6. The van der Waals surface area contributed by atoms with Gasteiger partial charge in [-0.15, -0.1) is 0 Å². The lowest BCUT2D eigenvalue weighted by atomic mass is 9.83. The maximum Gasteiger partial charge on any atom is 0.187 e. The molecule has 46 heavy (non-hydrogen) atoms. The van der Waals surface area contributed by atoms with E-state index >= 15 is 0 Å². The molecule has 20 nitrogen and oxygen atoms in total. The van der Waals surface area contributed by atoms with Crippen LogP contribution in [0.3, 0.4) is 0 Å². The van der Waals surface area contributed by atoms with Crippen molar-refractivity contribution in [1.29, 1.82) is 0 Å². The molecule has 20 heteroatoms. The van der Waals surface area contributed by atoms with E-state index in [9.17, 15) is 40.9 Å². The number of aliphatic hydroxyl groups excluding tert-OH is 8. The molecule has 0 amide bonds. The van der Waals surface area contributed by atoms with Gasteiger partial charge in [0.15, 0.2) is 18.9 Å². The van der Waals surface area contributed by atoms with Crippen LogP contribution < -0.4 is 34.0 Å². The van der Waals surface area contributed by atoms with E-state index in [2.05, 4.69) is 5.32 Å². The molecule has 1 aliphatic carbocycles. The van der Waals surface area contributed by atoms with Crippen molar-refractivity contribution in [3.63, 3.8) is 0 Å². The van der Waals surface area contributed by atoms with Gasteiger partial charge in [-0.3, -0.25) is 0 Å². The SMILES string of the molecule is NC[C@@H]1O[C@H](O[C@H]2[C@@H](O)[C@H](O[C@@H]3[C@@H](O)[C@H](NCC(O)CO)C[C@H](N)[C@H]3O[C@H]3O[C@H](CN)[C@H](O)C[C@H]3N)O[C@@H]2CO)[C@H](N)[C@@H](O)[C@H]1O. The van der Waals surface area contributed by atoms with E-state index in [-0.39, 0.29) is 32.5 Å². The lowest BCUT2D eigenvalue weighted by molar-refractivity contribution is -0.296. The van der Waals surface area contributed by atoms with Gasteiger partial charge in [-0.2, -0.15) is 0 Å². The highest BCUT2D eigenvalue weighted by Gasteiger charge is 2.54. The zero-order valence-electron chi connectivity index (χ0n) is 25.3. The standard InChI is InChI=1S/C26H52N6O14/c27-3-13-12(36)2-10(30)24(41-13)44-21-9(29)1-11(32-5-8(35)6-33)17(37)23(21)46-26-20(40)22(15(7-34)43-26)45-25-16(31)19(39)18(38)14(4-28)42-25/h8-26,32-40H,1-7,27-31H2/t8?,9-,10+,11+,12+,13+,14-,15+,16+,17-,18-,19+,20+,21+,22+,23+,24+,25+,26-/m0/s1. The van der Waals surface area contributed by atoms with Gasteiger partial charge < -0.3 is 103 Å². The van der Waals surface area contributed by atoms with E-state index < -0.39 is 129 Å². The predicted octanol–water partition coefficient (Wildman–Crippen LogP) is -8.88. The first kappa shape index (κ1) is 38.0. The Labute approximate surface area is 265 Å².